The Morgan fingerprint density at radius 2 is 1.25 bits per heavy atom. The Bertz CT molecular complexity index is 2640. The van der Waals surface area contributed by atoms with Crippen molar-refractivity contribution in [3.63, 3.8) is 0 Å². The summed E-state index contributed by atoms with van der Waals surface area (Å²) < 4.78 is 0. The fourth-order valence-electron chi connectivity index (χ4n) is 7.63. The van der Waals surface area contributed by atoms with Gasteiger partial charge in [-0.1, -0.05) is 190 Å². The van der Waals surface area contributed by atoms with Gasteiger partial charge in [0.05, 0.1) is 5.71 Å². The van der Waals surface area contributed by atoms with E-state index < -0.39 is 0 Å². The fourth-order valence-corrected chi connectivity index (χ4v) is 7.63. The number of aryl methyl sites for hydroxylation is 1. The molecule has 2 nitrogen and oxygen atoms in total. The monoisotopic (exact) mass is 724 g/mol. The molecule has 0 amide bonds. The number of nitrogens with zero attached hydrogens (tertiary/aromatic N) is 1. The Morgan fingerprint density at radius 3 is 1.98 bits per heavy atom. The summed E-state index contributed by atoms with van der Waals surface area (Å²) in [5, 5.41) is 2.14. The maximum atomic E-state index is 5.99. The van der Waals surface area contributed by atoms with Crippen LogP contribution in [0.25, 0.3) is 39.6 Å². The molecule has 2 heteroatoms. The van der Waals surface area contributed by atoms with Crippen molar-refractivity contribution in [2.75, 3.05) is 0 Å². The molecule has 0 saturated heterocycles. The minimum Gasteiger partial charge on any atom is -0.404 e. The smallest absolute Gasteiger partial charge is 0.0708 e. The summed E-state index contributed by atoms with van der Waals surface area (Å²) in [6.45, 7) is 10.7. The quantitative estimate of drug-likeness (QED) is 0.133. The SMILES string of the molecule is C=CN=C(/C=C(/c1ccc(/C(C)=c2\cccc\c2=C\N)cc1)c1cccc(-c2ccccc2)c1)c1ccc(C(C)c2ccccc2-c2ccccc2CC)cc1. The Morgan fingerprint density at radius 1 is 0.625 bits per heavy atom. The summed E-state index contributed by atoms with van der Waals surface area (Å²) in [6, 6.07) is 62.8. The highest BCUT2D eigenvalue weighted by Crippen LogP contribution is 2.35. The standard InChI is InChI=1S/C54H48N2/c1-5-40-17-10-13-25-51(40)52-26-15-14-24-50(52)39(4)42-29-33-45(34-30-42)54(56-6-2)36-53(47-22-16-21-46(35-47)43-18-8-7-9-19-43)44-31-27-41(28-32-44)38(3)49-23-12-11-20-48(49)37-55/h6-37,39H,2,5,55H2,1,3-4H3/b48-37-,49-38+,53-36-,56-54?. The number of nitrogens with two attached hydrogens (primary N) is 1. The topological polar surface area (TPSA) is 38.4 Å². The van der Waals surface area contributed by atoms with E-state index in [1.54, 1.807) is 12.4 Å². The molecule has 0 aromatic heterocycles. The molecule has 0 heterocycles. The van der Waals surface area contributed by atoms with E-state index in [4.69, 9.17) is 10.7 Å². The van der Waals surface area contributed by atoms with Crippen LogP contribution in [0.15, 0.2) is 200 Å². The summed E-state index contributed by atoms with van der Waals surface area (Å²) in [5.74, 6) is 0.199. The average Bonchev–Trinajstić information content (AvgIpc) is 3.27. The maximum absolute atomic E-state index is 5.99. The molecule has 0 saturated carbocycles. The van der Waals surface area contributed by atoms with Crippen LogP contribution in [0.5, 0.6) is 0 Å². The number of rotatable bonds is 11. The van der Waals surface area contributed by atoms with Crippen LogP contribution >= 0.6 is 0 Å². The van der Waals surface area contributed by atoms with Crippen molar-refractivity contribution in [2.45, 2.75) is 33.1 Å². The highest BCUT2D eigenvalue weighted by Gasteiger charge is 2.17. The van der Waals surface area contributed by atoms with Gasteiger partial charge in [0.2, 0.25) is 0 Å². The van der Waals surface area contributed by atoms with Gasteiger partial charge in [-0.05, 0) is 103 Å². The molecule has 1 unspecified atom stereocenters. The number of hydrogen-bond acceptors (Lipinski definition) is 2. The summed E-state index contributed by atoms with van der Waals surface area (Å²) in [7, 11) is 0. The van der Waals surface area contributed by atoms with Gasteiger partial charge in [-0.3, -0.25) is 4.99 Å². The van der Waals surface area contributed by atoms with Crippen LogP contribution in [0.1, 0.15) is 65.6 Å². The molecule has 1 atom stereocenters. The molecule has 7 aromatic carbocycles. The second kappa shape index (κ2) is 17.6. The minimum absolute atomic E-state index is 0.199. The van der Waals surface area contributed by atoms with E-state index in [2.05, 4.69) is 197 Å². The summed E-state index contributed by atoms with van der Waals surface area (Å²) in [4.78, 5) is 4.86. The molecular weight excluding hydrogens is 677 g/mol. The van der Waals surface area contributed by atoms with Gasteiger partial charge in [0.25, 0.3) is 0 Å². The molecule has 7 aromatic rings. The lowest BCUT2D eigenvalue weighted by Gasteiger charge is -2.19. The van der Waals surface area contributed by atoms with Crippen LogP contribution in [-0.4, -0.2) is 5.71 Å². The Hall–Kier alpha value is -6.77. The highest BCUT2D eigenvalue weighted by atomic mass is 14.7. The van der Waals surface area contributed by atoms with E-state index in [-0.39, 0.29) is 5.92 Å². The Labute approximate surface area is 332 Å². The molecule has 7 rings (SSSR count). The molecular formula is C54H48N2. The van der Waals surface area contributed by atoms with Crippen molar-refractivity contribution in [3.8, 4) is 22.3 Å². The van der Waals surface area contributed by atoms with Gasteiger partial charge in [0, 0.05) is 23.9 Å². The zero-order valence-corrected chi connectivity index (χ0v) is 32.5. The van der Waals surface area contributed by atoms with Crippen molar-refractivity contribution < 1.29 is 0 Å². The first-order chi connectivity index (χ1) is 27.5. The number of benzene rings is 7. The molecule has 0 spiro atoms. The third-order valence-electron chi connectivity index (χ3n) is 10.8. The Kier molecular flexibility index (Phi) is 11.8. The Balaban J connectivity index is 1.29. The third-order valence-corrected chi connectivity index (χ3v) is 10.8. The molecule has 56 heavy (non-hydrogen) atoms. The van der Waals surface area contributed by atoms with E-state index in [0.717, 1.165) is 56.0 Å². The van der Waals surface area contributed by atoms with Crippen molar-refractivity contribution in [1.29, 1.82) is 0 Å². The summed E-state index contributed by atoms with van der Waals surface area (Å²) in [5.41, 5.74) is 22.3. The second-order valence-electron chi connectivity index (χ2n) is 14.1. The molecule has 274 valence electrons. The molecule has 2 N–H and O–H groups in total. The van der Waals surface area contributed by atoms with Crippen LogP contribution < -0.4 is 16.2 Å². The average molecular weight is 725 g/mol. The normalized spacial score (nSPS) is 13.3. The van der Waals surface area contributed by atoms with Crippen molar-refractivity contribution in [2.24, 2.45) is 10.7 Å². The first-order valence-corrected chi connectivity index (χ1v) is 19.4. The predicted molar refractivity (Wildman–Crippen MR) is 240 cm³/mol. The number of aliphatic imine (C=N–C) groups is 1. The van der Waals surface area contributed by atoms with Gasteiger partial charge < -0.3 is 5.73 Å². The van der Waals surface area contributed by atoms with Crippen molar-refractivity contribution in [3.05, 3.63) is 244 Å². The largest absolute Gasteiger partial charge is 0.404 e. The lowest BCUT2D eigenvalue weighted by molar-refractivity contribution is 0.924. The first kappa shape index (κ1) is 37.5. The highest BCUT2D eigenvalue weighted by molar-refractivity contribution is 6.14. The second-order valence-corrected chi connectivity index (χ2v) is 14.1. The van der Waals surface area contributed by atoms with Gasteiger partial charge in [-0.15, -0.1) is 0 Å². The van der Waals surface area contributed by atoms with Crippen LogP contribution in [-0.2, 0) is 6.42 Å². The van der Waals surface area contributed by atoms with E-state index in [0.29, 0.717) is 0 Å². The van der Waals surface area contributed by atoms with Gasteiger partial charge in [-0.2, -0.15) is 0 Å². The minimum atomic E-state index is 0.199. The molecule has 0 radical (unpaired) electrons. The summed E-state index contributed by atoms with van der Waals surface area (Å²) >= 11 is 0. The first-order valence-electron chi connectivity index (χ1n) is 19.4. The molecule has 0 aliphatic carbocycles. The lowest BCUT2D eigenvalue weighted by Crippen LogP contribution is -2.27. The van der Waals surface area contributed by atoms with Crippen molar-refractivity contribution in [1.82, 2.24) is 0 Å². The van der Waals surface area contributed by atoms with E-state index in [1.807, 2.05) is 12.1 Å². The van der Waals surface area contributed by atoms with Crippen LogP contribution in [0, 0.1) is 0 Å². The zero-order valence-electron chi connectivity index (χ0n) is 32.5. The number of hydrogen-bond donors (Lipinski definition) is 1. The van der Waals surface area contributed by atoms with Crippen LogP contribution in [0.3, 0.4) is 0 Å². The molecule has 0 aliphatic rings. The van der Waals surface area contributed by atoms with Gasteiger partial charge >= 0.3 is 0 Å². The van der Waals surface area contributed by atoms with E-state index in [9.17, 15) is 0 Å². The van der Waals surface area contributed by atoms with E-state index >= 15 is 0 Å². The molecule has 0 bridgehead atoms. The van der Waals surface area contributed by atoms with Crippen LogP contribution in [0.4, 0.5) is 0 Å². The maximum Gasteiger partial charge on any atom is 0.0708 e. The number of allylic oxidation sites excluding steroid dienone is 1. The zero-order chi connectivity index (χ0) is 38.9. The van der Waals surface area contributed by atoms with Gasteiger partial charge in [0.15, 0.2) is 0 Å². The molecule has 0 aliphatic heterocycles. The predicted octanol–water partition coefficient (Wildman–Crippen LogP) is 11.7. The lowest BCUT2D eigenvalue weighted by atomic mass is 9.85. The van der Waals surface area contributed by atoms with E-state index in [1.165, 1.54) is 39.0 Å². The fraction of sp³-hybridized carbons (Fsp3) is 0.0926. The van der Waals surface area contributed by atoms with Crippen LogP contribution in [0.2, 0.25) is 0 Å². The third kappa shape index (κ3) is 8.16. The summed E-state index contributed by atoms with van der Waals surface area (Å²) in [6.07, 6.45) is 6.50. The van der Waals surface area contributed by atoms with Crippen molar-refractivity contribution >= 4 is 23.1 Å². The van der Waals surface area contributed by atoms with Gasteiger partial charge in [-0.25, -0.2) is 0 Å². The molecule has 0 fully saturated rings. The van der Waals surface area contributed by atoms with Gasteiger partial charge in [0.1, 0.15) is 0 Å².